The second-order valence-corrected chi connectivity index (χ2v) is 4.95. The van der Waals surface area contributed by atoms with E-state index in [0.29, 0.717) is 19.6 Å². The number of aliphatic hydroxyl groups excluding tert-OH is 1. The maximum atomic E-state index is 12.5. The smallest absolute Gasteiger partial charge is 0.323 e. The molecule has 116 valence electrons. The number of nitrogens with zero attached hydrogens (tertiary/aromatic N) is 2. The maximum absolute atomic E-state index is 12.5. The Morgan fingerprint density at radius 2 is 2.00 bits per heavy atom. The van der Waals surface area contributed by atoms with Gasteiger partial charge in [0.15, 0.2) is 0 Å². The minimum absolute atomic E-state index is 0.0213. The molecule has 0 unspecified atom stereocenters. The van der Waals surface area contributed by atoms with Gasteiger partial charge in [0.25, 0.3) is 0 Å². The number of rotatable bonds is 9. The Kier molecular flexibility index (Phi) is 7.32. The van der Waals surface area contributed by atoms with E-state index in [0.717, 1.165) is 19.3 Å². The molecule has 0 atom stereocenters. The zero-order chi connectivity index (χ0) is 15.0. The molecule has 1 fully saturated rings. The van der Waals surface area contributed by atoms with Crippen molar-refractivity contribution in [3.05, 3.63) is 0 Å². The molecule has 0 spiro atoms. The van der Waals surface area contributed by atoms with Crippen molar-refractivity contribution in [1.82, 2.24) is 9.80 Å². The van der Waals surface area contributed by atoms with Crippen LogP contribution in [0.4, 0.5) is 4.79 Å². The van der Waals surface area contributed by atoms with Crippen LogP contribution in [0.25, 0.3) is 0 Å². The van der Waals surface area contributed by atoms with Gasteiger partial charge in [-0.05, 0) is 25.7 Å². The lowest BCUT2D eigenvalue weighted by atomic mass is 9.91. The Bertz CT molecular complexity index is 320. The molecule has 0 aromatic heterocycles. The third kappa shape index (κ3) is 4.97. The van der Waals surface area contributed by atoms with Crippen LogP contribution in [0.5, 0.6) is 0 Å². The lowest BCUT2D eigenvalue weighted by Crippen LogP contribution is -2.52. The molecule has 2 N–H and O–H groups in total. The van der Waals surface area contributed by atoms with Crippen LogP contribution in [0.15, 0.2) is 0 Å². The zero-order valence-corrected chi connectivity index (χ0v) is 12.0. The molecule has 1 aliphatic rings. The number of aliphatic hydroxyl groups is 1. The molecule has 0 aromatic rings. The fourth-order valence-corrected chi connectivity index (χ4v) is 2.16. The summed E-state index contributed by atoms with van der Waals surface area (Å²) in [6.07, 6.45) is 3.49. The number of carboxylic acid groups (broad SMARTS) is 1. The summed E-state index contributed by atoms with van der Waals surface area (Å²) >= 11 is 0. The van der Waals surface area contributed by atoms with Gasteiger partial charge in [-0.1, -0.05) is 0 Å². The fraction of sp³-hybridized carbons (Fsp3) is 0.846. The molecule has 0 aromatic carbocycles. The summed E-state index contributed by atoms with van der Waals surface area (Å²) in [5.74, 6) is -1.04. The van der Waals surface area contributed by atoms with E-state index in [-0.39, 0.29) is 31.8 Å². The van der Waals surface area contributed by atoms with Crippen molar-refractivity contribution < 1.29 is 24.5 Å². The van der Waals surface area contributed by atoms with Crippen LogP contribution in [0.2, 0.25) is 0 Å². The average Bonchev–Trinajstić information content (AvgIpc) is 2.35. The number of hydrogen-bond acceptors (Lipinski definition) is 4. The van der Waals surface area contributed by atoms with Crippen LogP contribution in [-0.2, 0) is 9.53 Å². The molecule has 0 saturated heterocycles. The SMILES string of the molecule is COCCN(CC(=O)O)C(=O)N(CCCO)C1CCC1. The number of carbonyl (C=O) groups is 2. The largest absolute Gasteiger partial charge is 0.480 e. The first kappa shape index (κ1) is 16.7. The van der Waals surface area contributed by atoms with Gasteiger partial charge in [-0.3, -0.25) is 4.79 Å². The van der Waals surface area contributed by atoms with E-state index < -0.39 is 5.97 Å². The number of carbonyl (C=O) groups excluding carboxylic acids is 1. The molecule has 0 heterocycles. The molecule has 0 bridgehead atoms. The summed E-state index contributed by atoms with van der Waals surface area (Å²) in [5.41, 5.74) is 0. The normalized spacial score (nSPS) is 14.7. The topological polar surface area (TPSA) is 90.3 Å². The Morgan fingerprint density at radius 3 is 2.45 bits per heavy atom. The summed E-state index contributed by atoms with van der Waals surface area (Å²) in [6, 6.07) is -0.101. The van der Waals surface area contributed by atoms with Crippen LogP contribution >= 0.6 is 0 Å². The van der Waals surface area contributed by atoms with E-state index in [4.69, 9.17) is 14.9 Å². The van der Waals surface area contributed by atoms with Gasteiger partial charge in [0.05, 0.1) is 6.61 Å². The summed E-state index contributed by atoms with van der Waals surface area (Å²) in [5, 5.41) is 17.8. The standard InChI is InChI=1S/C13H24N2O5/c1-20-9-7-14(10-12(17)18)13(19)15(6-3-8-16)11-4-2-5-11/h11,16H,2-10H2,1H3,(H,17,18). The molecule has 0 radical (unpaired) electrons. The fourth-order valence-electron chi connectivity index (χ4n) is 2.16. The first-order valence-corrected chi connectivity index (χ1v) is 6.97. The van der Waals surface area contributed by atoms with Crippen LogP contribution in [0.3, 0.4) is 0 Å². The van der Waals surface area contributed by atoms with Crippen LogP contribution in [0.1, 0.15) is 25.7 Å². The first-order valence-electron chi connectivity index (χ1n) is 6.97. The van der Waals surface area contributed by atoms with Crippen molar-refractivity contribution in [3.8, 4) is 0 Å². The van der Waals surface area contributed by atoms with Gasteiger partial charge in [0, 0.05) is 32.8 Å². The Labute approximate surface area is 119 Å². The van der Waals surface area contributed by atoms with Crippen LogP contribution in [0, 0.1) is 0 Å². The lowest BCUT2D eigenvalue weighted by molar-refractivity contribution is -0.138. The molecule has 2 amide bonds. The number of methoxy groups -OCH3 is 1. The molecular weight excluding hydrogens is 264 g/mol. The molecule has 7 nitrogen and oxygen atoms in total. The van der Waals surface area contributed by atoms with E-state index in [1.807, 2.05) is 0 Å². The van der Waals surface area contributed by atoms with Crippen molar-refractivity contribution in [3.63, 3.8) is 0 Å². The van der Waals surface area contributed by atoms with Crippen molar-refractivity contribution in [2.75, 3.05) is 40.0 Å². The van der Waals surface area contributed by atoms with Gasteiger partial charge < -0.3 is 24.7 Å². The van der Waals surface area contributed by atoms with Gasteiger partial charge in [0.1, 0.15) is 6.54 Å². The highest BCUT2D eigenvalue weighted by Crippen LogP contribution is 2.25. The summed E-state index contributed by atoms with van der Waals surface area (Å²) in [6.45, 7) is 0.711. The summed E-state index contributed by atoms with van der Waals surface area (Å²) < 4.78 is 4.92. The van der Waals surface area contributed by atoms with Gasteiger partial charge in [-0.25, -0.2) is 4.79 Å². The van der Waals surface area contributed by atoms with Crippen LogP contribution in [-0.4, -0.2) is 78.0 Å². The van der Waals surface area contributed by atoms with Crippen molar-refractivity contribution in [2.45, 2.75) is 31.7 Å². The molecule has 1 aliphatic carbocycles. The monoisotopic (exact) mass is 288 g/mol. The predicted octanol–water partition coefficient (Wildman–Crippen LogP) is 0.376. The number of aliphatic carboxylic acids is 1. The van der Waals surface area contributed by atoms with Gasteiger partial charge in [-0.15, -0.1) is 0 Å². The molecule has 0 aliphatic heterocycles. The Balaban J connectivity index is 2.67. The number of urea groups is 1. The lowest BCUT2D eigenvalue weighted by Gasteiger charge is -2.40. The molecular formula is C13H24N2O5. The van der Waals surface area contributed by atoms with Gasteiger partial charge in [0.2, 0.25) is 0 Å². The number of ether oxygens (including phenoxy) is 1. The Hall–Kier alpha value is -1.34. The van der Waals surface area contributed by atoms with Crippen molar-refractivity contribution >= 4 is 12.0 Å². The minimum Gasteiger partial charge on any atom is -0.480 e. The van der Waals surface area contributed by atoms with Gasteiger partial charge in [-0.2, -0.15) is 0 Å². The highest BCUT2D eigenvalue weighted by atomic mass is 16.5. The number of amides is 2. The summed E-state index contributed by atoms with van der Waals surface area (Å²) in [7, 11) is 1.51. The predicted molar refractivity (Wildman–Crippen MR) is 72.5 cm³/mol. The maximum Gasteiger partial charge on any atom is 0.323 e. The molecule has 1 saturated carbocycles. The second kappa shape index (κ2) is 8.76. The average molecular weight is 288 g/mol. The highest BCUT2D eigenvalue weighted by molar-refractivity contribution is 5.80. The van der Waals surface area contributed by atoms with E-state index in [1.165, 1.54) is 12.0 Å². The highest BCUT2D eigenvalue weighted by Gasteiger charge is 2.31. The van der Waals surface area contributed by atoms with E-state index in [1.54, 1.807) is 4.90 Å². The second-order valence-electron chi connectivity index (χ2n) is 4.95. The third-order valence-electron chi connectivity index (χ3n) is 3.48. The van der Waals surface area contributed by atoms with Crippen molar-refractivity contribution in [1.29, 1.82) is 0 Å². The zero-order valence-electron chi connectivity index (χ0n) is 12.0. The van der Waals surface area contributed by atoms with Crippen molar-refractivity contribution in [2.24, 2.45) is 0 Å². The first-order chi connectivity index (χ1) is 9.60. The molecule has 20 heavy (non-hydrogen) atoms. The molecule has 1 rings (SSSR count). The van der Waals surface area contributed by atoms with Crippen LogP contribution < -0.4 is 0 Å². The van der Waals surface area contributed by atoms with E-state index in [9.17, 15) is 9.59 Å². The summed E-state index contributed by atoms with van der Waals surface area (Å²) in [4.78, 5) is 26.3. The minimum atomic E-state index is -1.04. The van der Waals surface area contributed by atoms with E-state index in [2.05, 4.69) is 0 Å². The number of carboxylic acids is 1. The van der Waals surface area contributed by atoms with Gasteiger partial charge >= 0.3 is 12.0 Å². The molecule has 7 heteroatoms. The van der Waals surface area contributed by atoms with E-state index >= 15 is 0 Å². The third-order valence-corrected chi connectivity index (χ3v) is 3.48. The Morgan fingerprint density at radius 1 is 1.30 bits per heavy atom. The quantitative estimate of drug-likeness (QED) is 0.640. The number of hydrogen-bond donors (Lipinski definition) is 2.